The van der Waals surface area contributed by atoms with Gasteiger partial charge in [-0.3, -0.25) is 37.3 Å². The van der Waals surface area contributed by atoms with Crippen LogP contribution in [0.2, 0.25) is 0 Å². The molecule has 26 nitrogen and oxygen atoms in total. The van der Waals surface area contributed by atoms with Gasteiger partial charge >= 0.3 is 23.5 Å². The highest BCUT2D eigenvalue weighted by Crippen LogP contribution is 2.61. The summed E-state index contributed by atoms with van der Waals surface area (Å²) in [6, 6.07) is 0. The number of phosphoric acid groups is 3. The summed E-state index contributed by atoms with van der Waals surface area (Å²) in [5.41, 5.74) is 4.26. The minimum absolute atomic E-state index is 0.0310. The van der Waals surface area contributed by atoms with E-state index in [1.807, 2.05) is 0 Å². The van der Waals surface area contributed by atoms with Crippen LogP contribution in [0.25, 0.3) is 11.2 Å². The molecule has 0 saturated carbocycles. The van der Waals surface area contributed by atoms with Gasteiger partial charge in [0.2, 0.25) is 11.8 Å². The molecule has 3 rings (SSSR count). The summed E-state index contributed by atoms with van der Waals surface area (Å²) in [5.74, 6) is -1.27. The van der Waals surface area contributed by atoms with Crippen LogP contribution in [0.5, 0.6) is 0 Å². The molecule has 1 fully saturated rings. The fourth-order valence-corrected chi connectivity index (χ4v) is 7.65. The van der Waals surface area contributed by atoms with E-state index in [4.69, 9.17) is 24.6 Å². The van der Waals surface area contributed by atoms with Crippen LogP contribution in [0.3, 0.4) is 0 Å². The number of amides is 2. The molecule has 11 N–H and O–H groups in total. The zero-order valence-electron chi connectivity index (χ0n) is 31.0. The average molecular weight is 898 g/mol. The van der Waals surface area contributed by atoms with Crippen molar-refractivity contribution in [2.45, 2.75) is 77.8 Å². The lowest BCUT2D eigenvalue weighted by molar-refractivity contribution is -0.137. The lowest BCUT2D eigenvalue weighted by Crippen LogP contribution is -2.46. The van der Waals surface area contributed by atoms with E-state index >= 15 is 0 Å². The molecular formula is C27H46N7O19P3S. The number of aliphatic hydroxyl groups is 3. The topological polar surface area (TPSA) is 401 Å². The maximum Gasteiger partial charge on any atom is 0.481 e. The predicted molar refractivity (Wildman–Crippen MR) is 195 cm³/mol. The number of nitrogen functional groups attached to an aromatic ring is 1. The molecule has 1 aliphatic rings. The van der Waals surface area contributed by atoms with Crippen LogP contribution in [-0.4, -0.2) is 140 Å². The number of aromatic nitrogens is 4. The van der Waals surface area contributed by atoms with Gasteiger partial charge in [-0.2, -0.15) is 4.31 Å². The molecule has 2 aromatic rings. The number of Topliss-reactive ketones (excluding diaryl/α,β-unsaturated/α-hetero) is 1. The minimum atomic E-state index is -5.56. The summed E-state index contributed by atoms with van der Waals surface area (Å²) in [4.78, 5) is 95.8. The molecule has 0 bridgehead atoms. The van der Waals surface area contributed by atoms with Gasteiger partial charge in [-0.05, 0) is 13.8 Å². The zero-order chi connectivity index (χ0) is 43.5. The Morgan fingerprint density at radius 3 is 2.21 bits per heavy atom. The van der Waals surface area contributed by atoms with E-state index in [0.29, 0.717) is 5.75 Å². The summed E-state index contributed by atoms with van der Waals surface area (Å²) >= 11 is 1.03. The molecule has 2 amide bonds. The molecule has 2 aromatic heterocycles. The number of aliphatic hydroxyl groups excluding tert-OH is 3. The van der Waals surface area contributed by atoms with Gasteiger partial charge in [-0.1, -0.05) is 25.6 Å². The van der Waals surface area contributed by atoms with Crippen molar-refractivity contribution in [2.24, 2.45) is 5.41 Å². The third-order valence-electron chi connectivity index (χ3n) is 7.40. The fourth-order valence-electron chi connectivity index (χ4n) is 4.32. The first-order valence-electron chi connectivity index (χ1n) is 16.4. The number of phosphoric ester groups is 3. The second-order valence-corrected chi connectivity index (χ2v) is 18.2. The van der Waals surface area contributed by atoms with Crippen molar-refractivity contribution in [3.63, 3.8) is 0 Å². The average Bonchev–Trinajstić information content (AvgIpc) is 3.64. The van der Waals surface area contributed by atoms with Crippen LogP contribution < -0.4 is 16.4 Å². The van der Waals surface area contributed by atoms with Gasteiger partial charge in [-0.25, -0.2) is 28.6 Å². The number of rotatable bonds is 20. The number of nitrogens with zero attached hydrogens (tertiary/aromatic N) is 4. The molecule has 324 valence electrons. The number of nitrogens with two attached hydrogens (primary N) is 1. The molecular weight excluding hydrogens is 851 g/mol. The lowest BCUT2D eigenvalue weighted by Gasteiger charge is -2.30. The number of ether oxygens (including phenoxy) is 1. The Balaban J connectivity index is 0.00000173. The summed E-state index contributed by atoms with van der Waals surface area (Å²) in [6.45, 7) is 4.70. The van der Waals surface area contributed by atoms with Crippen LogP contribution in [0.1, 0.15) is 47.3 Å². The van der Waals surface area contributed by atoms with Crippen LogP contribution in [-0.2, 0) is 55.5 Å². The summed E-state index contributed by atoms with van der Waals surface area (Å²) in [6.07, 6.45) is -7.67. The number of fused-ring (bicyclic) bond motifs is 1. The molecule has 0 spiro atoms. The zero-order valence-corrected chi connectivity index (χ0v) is 34.5. The van der Waals surface area contributed by atoms with E-state index in [9.17, 15) is 62.7 Å². The van der Waals surface area contributed by atoms with Gasteiger partial charge in [0.05, 0.1) is 19.5 Å². The fraction of sp³-hybridized carbons (Fsp3) is 0.667. The number of ketones is 1. The highest BCUT2D eigenvalue weighted by atomic mass is 32.2. The third-order valence-corrected chi connectivity index (χ3v) is 11.3. The minimum Gasteiger partial charge on any atom is -0.386 e. The molecule has 1 aliphatic heterocycles. The summed E-state index contributed by atoms with van der Waals surface area (Å²) in [7, 11) is -16.4. The first-order valence-corrected chi connectivity index (χ1v) is 21.9. The van der Waals surface area contributed by atoms with E-state index in [2.05, 4.69) is 34.4 Å². The van der Waals surface area contributed by atoms with Crippen molar-refractivity contribution in [2.75, 3.05) is 37.8 Å². The van der Waals surface area contributed by atoms with Gasteiger partial charge in [0, 0.05) is 37.6 Å². The Labute approximate surface area is 328 Å². The number of carbonyl (C=O) groups excluding carboxylic acids is 4. The largest absolute Gasteiger partial charge is 0.481 e. The lowest BCUT2D eigenvalue weighted by atomic mass is 9.87. The first-order chi connectivity index (χ1) is 26.2. The molecule has 0 radical (unpaired) electrons. The molecule has 30 heteroatoms. The molecule has 1 saturated heterocycles. The number of carbonyl (C=O) groups is 4. The first kappa shape index (κ1) is 50.3. The molecule has 3 unspecified atom stereocenters. The van der Waals surface area contributed by atoms with Crippen LogP contribution in [0, 0.1) is 5.41 Å². The normalized spacial score (nSPS) is 21.7. The third kappa shape index (κ3) is 16.8. The highest BCUT2D eigenvalue weighted by Gasteiger charge is 2.50. The number of thioether (sulfide) groups is 1. The molecule has 57 heavy (non-hydrogen) atoms. The van der Waals surface area contributed by atoms with Gasteiger partial charge in [-0.15, -0.1) is 0 Å². The number of hydrogen-bond acceptors (Lipinski definition) is 20. The van der Waals surface area contributed by atoms with Crippen LogP contribution in [0.4, 0.5) is 5.82 Å². The second-order valence-electron chi connectivity index (χ2n) is 12.7. The predicted octanol–water partition coefficient (Wildman–Crippen LogP) is -1.36. The Hall–Kier alpha value is -2.81. The van der Waals surface area contributed by atoms with Crippen LogP contribution >= 0.6 is 35.2 Å². The van der Waals surface area contributed by atoms with Gasteiger partial charge < -0.3 is 56.0 Å². The molecule has 0 aliphatic carbocycles. The van der Waals surface area contributed by atoms with E-state index in [-0.39, 0.29) is 47.4 Å². The van der Waals surface area contributed by atoms with E-state index in [1.54, 1.807) is 0 Å². The number of imidazole rings is 1. The van der Waals surface area contributed by atoms with E-state index < -0.39 is 90.7 Å². The van der Waals surface area contributed by atoms with Crippen molar-refractivity contribution in [3.8, 4) is 0 Å². The smallest absolute Gasteiger partial charge is 0.386 e. The maximum absolute atomic E-state index is 12.6. The van der Waals surface area contributed by atoms with Crippen molar-refractivity contribution in [1.29, 1.82) is 0 Å². The van der Waals surface area contributed by atoms with Gasteiger partial charge in [0.1, 0.15) is 42.4 Å². The Kier molecular flexibility index (Phi) is 18.9. The van der Waals surface area contributed by atoms with Gasteiger partial charge in [0.25, 0.3) is 0 Å². The van der Waals surface area contributed by atoms with E-state index in [1.165, 1.54) is 34.6 Å². The number of nitrogens with one attached hydrogen (secondary N) is 2. The maximum atomic E-state index is 12.6. The quantitative estimate of drug-likeness (QED) is 0.0542. The van der Waals surface area contributed by atoms with Gasteiger partial charge in [0.15, 0.2) is 28.6 Å². The second kappa shape index (κ2) is 21.4. The van der Waals surface area contributed by atoms with E-state index in [0.717, 1.165) is 29.0 Å². The van der Waals surface area contributed by atoms with Crippen molar-refractivity contribution in [3.05, 3.63) is 12.7 Å². The molecule has 3 heterocycles. The summed E-state index contributed by atoms with van der Waals surface area (Å²) in [5, 5.41) is 34.3. The Morgan fingerprint density at radius 2 is 1.63 bits per heavy atom. The van der Waals surface area contributed by atoms with Crippen molar-refractivity contribution in [1.82, 2.24) is 30.2 Å². The SMILES string of the molecule is CC(=O)C(C)O.CC(=O)SCCNC(=O)CCNC(=O)[C@H](O)C(C)(C)COP(=O)(O)OP(=O)(O)OC[C@H]1O[C@@H](n2cnc3c(N)ncnc32)[C@H](O)[C@@H]1OP(=O)(O)O. The summed E-state index contributed by atoms with van der Waals surface area (Å²) < 4.78 is 61.8. The molecule has 8 atom stereocenters. The molecule has 0 aromatic carbocycles. The highest BCUT2D eigenvalue weighted by molar-refractivity contribution is 8.13. The number of hydrogen-bond donors (Lipinski definition) is 10. The monoisotopic (exact) mass is 897 g/mol. The van der Waals surface area contributed by atoms with Crippen LogP contribution in [0.15, 0.2) is 12.7 Å². The Morgan fingerprint density at radius 1 is 1.02 bits per heavy atom. The number of anilines is 1. The van der Waals surface area contributed by atoms with Crippen molar-refractivity contribution >= 4 is 74.9 Å². The standard InChI is InChI=1S/C23H38N7O17P3S.C4H8O2/c1-12(31)51-7-6-25-14(32)4-5-26-21(35)18(34)23(2,3)9-44-50(41,42)47-49(39,40)43-8-13-17(46-48(36,37)38)16(33)22(45-13)30-11-29-15-19(24)27-10-28-20(15)30;1-3(5)4(2)6/h10-11,13,16-18,22,33-34H,4-9H2,1-3H3,(H,25,32)(H,26,35)(H,39,40)(H,41,42)(H2,24,27,28)(H2,36,37,38);3,5H,1-2H3/t13-,16-,17-,18+,22-;/m1./s1. The Bertz CT molecular complexity index is 1860. The van der Waals surface area contributed by atoms with Crippen molar-refractivity contribution < 1.29 is 90.4 Å².